The van der Waals surface area contributed by atoms with Crippen LogP contribution in [0, 0.1) is 5.92 Å². The summed E-state index contributed by atoms with van der Waals surface area (Å²) in [6.07, 6.45) is 0.982. The van der Waals surface area contributed by atoms with Crippen LogP contribution in [0.1, 0.15) is 58.6 Å². The summed E-state index contributed by atoms with van der Waals surface area (Å²) in [5.74, 6) is 0.382. The number of rotatable bonds is 16. The molecular formula is C31H47N3O5. The minimum Gasteiger partial charge on any atom is -0.489 e. The van der Waals surface area contributed by atoms with Crippen LogP contribution < -0.4 is 15.4 Å². The standard InChI is InChI=1S/C31H47N3O5/c1-22(2)18-28(34(6)17-16-23(3)36)30(38)32-27(29(37)33-31(4,5)21-35)19-24-12-14-26(15-13-24)39-20-25-10-8-7-9-11-25/h7-15,22-23,27-28,35-36H,16-21H2,1-6H3,(H,32,38)(H,33,37). The average Bonchev–Trinajstić information content (AvgIpc) is 2.89. The van der Waals surface area contributed by atoms with Gasteiger partial charge in [-0.1, -0.05) is 56.3 Å². The Morgan fingerprint density at radius 1 is 0.974 bits per heavy atom. The molecule has 2 amide bonds. The van der Waals surface area contributed by atoms with Gasteiger partial charge in [-0.25, -0.2) is 0 Å². The molecule has 216 valence electrons. The third kappa shape index (κ3) is 11.8. The highest BCUT2D eigenvalue weighted by molar-refractivity contribution is 5.90. The molecule has 0 aromatic heterocycles. The third-order valence-electron chi connectivity index (χ3n) is 6.53. The van der Waals surface area contributed by atoms with Gasteiger partial charge in [0.1, 0.15) is 18.4 Å². The first-order valence-corrected chi connectivity index (χ1v) is 13.8. The second-order valence-electron chi connectivity index (χ2n) is 11.5. The monoisotopic (exact) mass is 541 g/mol. The van der Waals surface area contributed by atoms with Crippen molar-refractivity contribution in [2.45, 2.75) is 84.2 Å². The van der Waals surface area contributed by atoms with Crippen LogP contribution in [0.2, 0.25) is 0 Å². The predicted molar refractivity (Wildman–Crippen MR) is 154 cm³/mol. The Hall–Kier alpha value is -2.94. The molecule has 2 aromatic carbocycles. The Morgan fingerprint density at radius 3 is 2.18 bits per heavy atom. The molecule has 0 saturated carbocycles. The molecule has 3 atom stereocenters. The number of carbonyl (C=O) groups excluding carboxylic acids is 2. The molecular weight excluding hydrogens is 494 g/mol. The maximum atomic E-state index is 13.5. The van der Waals surface area contributed by atoms with Gasteiger partial charge in [0.15, 0.2) is 0 Å². The summed E-state index contributed by atoms with van der Waals surface area (Å²) in [6.45, 7) is 10.1. The van der Waals surface area contributed by atoms with Gasteiger partial charge < -0.3 is 25.6 Å². The average molecular weight is 542 g/mol. The van der Waals surface area contributed by atoms with E-state index in [1.807, 2.05) is 66.5 Å². The molecule has 2 aromatic rings. The number of likely N-dealkylation sites (N-methyl/N-ethyl adjacent to an activating group) is 1. The molecule has 8 nitrogen and oxygen atoms in total. The number of benzene rings is 2. The normalized spacial score (nSPS) is 14.1. The molecule has 4 N–H and O–H groups in total. The summed E-state index contributed by atoms with van der Waals surface area (Å²) < 4.78 is 5.88. The van der Waals surface area contributed by atoms with Crippen molar-refractivity contribution in [2.24, 2.45) is 5.92 Å². The smallest absolute Gasteiger partial charge is 0.243 e. The summed E-state index contributed by atoms with van der Waals surface area (Å²) in [6, 6.07) is 16.1. The van der Waals surface area contributed by atoms with Crippen LogP contribution in [-0.4, -0.2) is 70.9 Å². The summed E-state index contributed by atoms with van der Waals surface area (Å²) in [7, 11) is 1.87. The Kier molecular flexibility index (Phi) is 12.9. The first-order valence-electron chi connectivity index (χ1n) is 13.8. The number of nitrogens with zero attached hydrogens (tertiary/aromatic N) is 1. The second kappa shape index (κ2) is 15.6. The minimum atomic E-state index is -0.834. The van der Waals surface area contributed by atoms with Crippen LogP contribution in [0.3, 0.4) is 0 Å². The molecule has 2 rings (SSSR count). The molecule has 8 heteroatoms. The Bertz CT molecular complexity index is 1010. The van der Waals surface area contributed by atoms with Crippen LogP contribution in [0.25, 0.3) is 0 Å². The van der Waals surface area contributed by atoms with Crippen molar-refractivity contribution >= 4 is 11.8 Å². The quantitative estimate of drug-likeness (QED) is 0.260. The molecule has 0 radical (unpaired) electrons. The Morgan fingerprint density at radius 2 is 1.62 bits per heavy atom. The SMILES string of the molecule is CC(C)CC(C(=O)NC(Cc1ccc(OCc2ccccc2)cc1)C(=O)NC(C)(C)CO)N(C)CCC(C)O. The van der Waals surface area contributed by atoms with E-state index in [2.05, 4.69) is 24.5 Å². The number of aliphatic hydroxyl groups excluding tert-OH is 2. The lowest BCUT2D eigenvalue weighted by molar-refractivity contribution is -0.133. The number of ether oxygens (including phenoxy) is 1. The van der Waals surface area contributed by atoms with Crippen molar-refractivity contribution in [1.82, 2.24) is 15.5 Å². The molecule has 0 spiro atoms. The zero-order chi connectivity index (χ0) is 29.0. The number of nitrogens with one attached hydrogen (secondary N) is 2. The molecule has 39 heavy (non-hydrogen) atoms. The van der Waals surface area contributed by atoms with E-state index in [0.29, 0.717) is 31.7 Å². The topological polar surface area (TPSA) is 111 Å². The van der Waals surface area contributed by atoms with Crippen LogP contribution in [0.4, 0.5) is 0 Å². The predicted octanol–water partition coefficient (Wildman–Crippen LogP) is 3.30. The summed E-state index contributed by atoms with van der Waals surface area (Å²) in [5.41, 5.74) is 1.11. The van der Waals surface area contributed by atoms with E-state index in [1.54, 1.807) is 20.8 Å². The zero-order valence-electron chi connectivity index (χ0n) is 24.3. The van der Waals surface area contributed by atoms with Gasteiger partial charge in [-0.3, -0.25) is 14.5 Å². The Labute approximate surface area is 233 Å². The van der Waals surface area contributed by atoms with Crippen molar-refractivity contribution in [2.75, 3.05) is 20.2 Å². The van der Waals surface area contributed by atoms with Gasteiger partial charge in [0.2, 0.25) is 11.8 Å². The van der Waals surface area contributed by atoms with Crippen molar-refractivity contribution in [3.63, 3.8) is 0 Å². The fraction of sp³-hybridized carbons (Fsp3) is 0.548. The number of amides is 2. The number of hydrogen-bond donors (Lipinski definition) is 4. The molecule has 0 aliphatic carbocycles. The lowest BCUT2D eigenvalue weighted by Gasteiger charge is -2.32. The molecule has 0 aliphatic heterocycles. The Balaban J connectivity index is 2.17. The van der Waals surface area contributed by atoms with E-state index in [1.165, 1.54) is 0 Å². The van der Waals surface area contributed by atoms with Gasteiger partial charge in [0, 0.05) is 13.0 Å². The van der Waals surface area contributed by atoms with Crippen molar-refractivity contribution in [3.05, 3.63) is 65.7 Å². The van der Waals surface area contributed by atoms with Crippen LogP contribution in [-0.2, 0) is 22.6 Å². The molecule has 0 bridgehead atoms. The first kappa shape index (κ1) is 32.3. The zero-order valence-corrected chi connectivity index (χ0v) is 24.3. The molecule has 3 unspecified atom stereocenters. The highest BCUT2D eigenvalue weighted by atomic mass is 16.5. The van der Waals surface area contributed by atoms with E-state index < -0.39 is 23.7 Å². The van der Waals surface area contributed by atoms with Crippen molar-refractivity contribution < 1.29 is 24.5 Å². The minimum absolute atomic E-state index is 0.231. The lowest BCUT2D eigenvalue weighted by atomic mass is 9.99. The fourth-order valence-electron chi connectivity index (χ4n) is 4.12. The molecule has 0 saturated heterocycles. The molecule has 0 heterocycles. The van der Waals surface area contributed by atoms with E-state index in [0.717, 1.165) is 11.1 Å². The highest BCUT2D eigenvalue weighted by Gasteiger charge is 2.31. The number of hydrogen-bond acceptors (Lipinski definition) is 6. The number of aliphatic hydroxyl groups is 2. The van der Waals surface area contributed by atoms with Crippen LogP contribution in [0.15, 0.2) is 54.6 Å². The molecule has 0 fully saturated rings. The van der Waals surface area contributed by atoms with Crippen molar-refractivity contribution in [1.29, 1.82) is 0 Å². The van der Waals surface area contributed by atoms with Crippen LogP contribution >= 0.6 is 0 Å². The van der Waals surface area contributed by atoms with Gasteiger partial charge >= 0.3 is 0 Å². The van der Waals surface area contributed by atoms with E-state index in [4.69, 9.17) is 4.74 Å². The van der Waals surface area contributed by atoms with Gasteiger partial charge in [0.25, 0.3) is 0 Å². The van der Waals surface area contributed by atoms with E-state index in [9.17, 15) is 19.8 Å². The summed E-state index contributed by atoms with van der Waals surface area (Å²) in [5, 5.41) is 25.2. The largest absolute Gasteiger partial charge is 0.489 e. The van der Waals surface area contributed by atoms with Gasteiger partial charge in [-0.2, -0.15) is 0 Å². The van der Waals surface area contributed by atoms with E-state index in [-0.39, 0.29) is 30.8 Å². The maximum Gasteiger partial charge on any atom is 0.243 e. The highest BCUT2D eigenvalue weighted by Crippen LogP contribution is 2.17. The number of carbonyl (C=O) groups is 2. The van der Waals surface area contributed by atoms with Gasteiger partial charge in [-0.15, -0.1) is 0 Å². The summed E-state index contributed by atoms with van der Waals surface area (Å²) in [4.78, 5) is 28.8. The summed E-state index contributed by atoms with van der Waals surface area (Å²) >= 11 is 0. The first-order chi connectivity index (χ1) is 18.4. The lowest BCUT2D eigenvalue weighted by Crippen LogP contribution is -2.58. The van der Waals surface area contributed by atoms with Crippen LogP contribution in [0.5, 0.6) is 5.75 Å². The maximum absolute atomic E-state index is 13.5. The second-order valence-corrected chi connectivity index (χ2v) is 11.5. The van der Waals surface area contributed by atoms with Gasteiger partial charge in [-0.05, 0) is 69.8 Å². The van der Waals surface area contributed by atoms with Crippen molar-refractivity contribution in [3.8, 4) is 5.75 Å². The van der Waals surface area contributed by atoms with Gasteiger partial charge in [0.05, 0.1) is 24.3 Å². The third-order valence-corrected chi connectivity index (χ3v) is 6.53. The van der Waals surface area contributed by atoms with E-state index >= 15 is 0 Å². The fourth-order valence-corrected chi connectivity index (χ4v) is 4.12. The molecule has 0 aliphatic rings.